The maximum atomic E-state index is 11.8. The molecule has 1 amide bonds. The molecule has 0 aliphatic heterocycles. The van der Waals surface area contributed by atoms with Gasteiger partial charge in [0.2, 0.25) is 5.91 Å². The number of hydrogen-bond acceptors (Lipinski definition) is 5. The summed E-state index contributed by atoms with van der Waals surface area (Å²) in [7, 11) is 3.46. The minimum atomic E-state index is 0.0161. The summed E-state index contributed by atoms with van der Waals surface area (Å²) in [5.41, 5.74) is 1.58. The second-order valence-corrected chi connectivity index (χ2v) is 6.90. The summed E-state index contributed by atoms with van der Waals surface area (Å²) in [5.74, 6) is 0.970. The zero-order valence-corrected chi connectivity index (χ0v) is 15.4. The Hall–Kier alpha value is -2.31. The van der Waals surface area contributed by atoms with Gasteiger partial charge in [-0.15, -0.1) is 0 Å². The Bertz CT molecular complexity index is 916. The number of para-hydroxylation sites is 2. The van der Waals surface area contributed by atoms with Crippen LogP contribution in [0.15, 0.2) is 53.7 Å². The number of rotatable bonds is 5. The van der Waals surface area contributed by atoms with Crippen LogP contribution in [0.25, 0.3) is 10.9 Å². The molecule has 0 atom stereocenters. The van der Waals surface area contributed by atoms with Crippen molar-refractivity contribution < 1.29 is 4.79 Å². The first-order valence-electron chi connectivity index (χ1n) is 7.66. The molecular weight excluding hydrogens is 356 g/mol. The van der Waals surface area contributed by atoms with Crippen LogP contribution in [0.1, 0.15) is 0 Å². The Labute approximate surface area is 155 Å². The molecule has 25 heavy (non-hydrogen) atoms. The quantitative estimate of drug-likeness (QED) is 0.537. The normalized spacial score (nSPS) is 10.7. The fraction of sp³-hybridized carbons (Fsp3) is 0.167. The van der Waals surface area contributed by atoms with Crippen LogP contribution >= 0.6 is 23.4 Å². The van der Waals surface area contributed by atoms with E-state index in [0.717, 1.165) is 16.6 Å². The van der Waals surface area contributed by atoms with Crippen LogP contribution in [0, 0.1) is 0 Å². The van der Waals surface area contributed by atoms with E-state index < -0.39 is 0 Å². The Kier molecular flexibility index (Phi) is 5.40. The van der Waals surface area contributed by atoms with Crippen molar-refractivity contribution in [3.05, 3.63) is 53.6 Å². The number of fused-ring (bicyclic) bond motifs is 1. The van der Waals surface area contributed by atoms with Crippen molar-refractivity contribution in [1.82, 2.24) is 14.9 Å². The Morgan fingerprint density at radius 1 is 1.12 bits per heavy atom. The van der Waals surface area contributed by atoms with Gasteiger partial charge in [-0.1, -0.05) is 47.6 Å². The third kappa shape index (κ3) is 4.21. The fourth-order valence-corrected chi connectivity index (χ4v) is 3.17. The molecule has 2 aromatic carbocycles. The van der Waals surface area contributed by atoms with E-state index in [1.165, 1.54) is 11.8 Å². The minimum absolute atomic E-state index is 0.0161. The highest BCUT2D eigenvalue weighted by Crippen LogP contribution is 2.29. The van der Waals surface area contributed by atoms with Crippen molar-refractivity contribution in [2.45, 2.75) is 5.16 Å². The van der Waals surface area contributed by atoms with Crippen molar-refractivity contribution in [2.75, 3.05) is 25.2 Å². The second-order valence-electron chi connectivity index (χ2n) is 5.55. The molecule has 0 saturated carbocycles. The van der Waals surface area contributed by atoms with E-state index in [9.17, 15) is 4.79 Å². The zero-order valence-electron chi connectivity index (χ0n) is 13.9. The predicted molar refractivity (Wildman–Crippen MR) is 104 cm³/mol. The molecule has 128 valence electrons. The van der Waals surface area contributed by atoms with Crippen LogP contribution in [0.3, 0.4) is 0 Å². The van der Waals surface area contributed by atoms with Crippen molar-refractivity contribution >= 4 is 51.7 Å². The van der Waals surface area contributed by atoms with Crippen molar-refractivity contribution in [3.8, 4) is 0 Å². The van der Waals surface area contributed by atoms with Gasteiger partial charge in [0.1, 0.15) is 5.82 Å². The molecule has 5 nitrogen and oxygen atoms in total. The Morgan fingerprint density at radius 2 is 1.84 bits per heavy atom. The average molecular weight is 373 g/mol. The number of hydrogen-bond donors (Lipinski definition) is 1. The number of carbonyl (C=O) groups is 1. The molecular formula is C18H17ClN4OS. The minimum Gasteiger partial charge on any atom is -0.348 e. The molecule has 0 fully saturated rings. The van der Waals surface area contributed by atoms with Crippen molar-refractivity contribution in [1.29, 1.82) is 0 Å². The maximum absolute atomic E-state index is 11.8. The Morgan fingerprint density at radius 3 is 2.60 bits per heavy atom. The van der Waals surface area contributed by atoms with E-state index in [0.29, 0.717) is 16.0 Å². The molecule has 1 aromatic heterocycles. The van der Waals surface area contributed by atoms with E-state index in [1.807, 2.05) is 48.5 Å². The molecule has 0 radical (unpaired) electrons. The molecule has 3 aromatic rings. The van der Waals surface area contributed by atoms with Gasteiger partial charge in [0.05, 0.1) is 22.0 Å². The van der Waals surface area contributed by atoms with Gasteiger partial charge in [-0.05, 0) is 24.3 Å². The van der Waals surface area contributed by atoms with Crippen LogP contribution in [0.5, 0.6) is 0 Å². The SMILES string of the molecule is CN(C)C(=O)CSc1nc(Nc2ccccc2Cl)c2ccccc2n1. The summed E-state index contributed by atoms with van der Waals surface area (Å²) in [6.45, 7) is 0. The van der Waals surface area contributed by atoms with Gasteiger partial charge in [0.25, 0.3) is 0 Å². The van der Waals surface area contributed by atoms with Gasteiger partial charge < -0.3 is 10.2 Å². The van der Waals surface area contributed by atoms with Gasteiger partial charge in [-0.25, -0.2) is 9.97 Å². The van der Waals surface area contributed by atoms with E-state index in [2.05, 4.69) is 15.3 Å². The monoisotopic (exact) mass is 372 g/mol. The highest BCUT2D eigenvalue weighted by molar-refractivity contribution is 7.99. The lowest BCUT2D eigenvalue weighted by Crippen LogP contribution is -2.23. The third-order valence-corrected chi connectivity index (χ3v) is 4.69. The van der Waals surface area contributed by atoms with Crippen molar-refractivity contribution in [2.24, 2.45) is 0 Å². The number of halogens is 1. The van der Waals surface area contributed by atoms with Gasteiger partial charge in [0, 0.05) is 19.5 Å². The lowest BCUT2D eigenvalue weighted by Gasteiger charge is -2.12. The number of amides is 1. The van der Waals surface area contributed by atoms with Crippen LogP contribution in [0.4, 0.5) is 11.5 Å². The van der Waals surface area contributed by atoms with Gasteiger partial charge >= 0.3 is 0 Å². The first-order chi connectivity index (χ1) is 12.0. The highest BCUT2D eigenvalue weighted by atomic mass is 35.5. The molecule has 0 bridgehead atoms. The largest absolute Gasteiger partial charge is 0.348 e. The summed E-state index contributed by atoms with van der Waals surface area (Å²) in [6, 6.07) is 15.2. The summed E-state index contributed by atoms with van der Waals surface area (Å²) in [4.78, 5) is 22.5. The zero-order chi connectivity index (χ0) is 17.8. The lowest BCUT2D eigenvalue weighted by molar-refractivity contribution is -0.125. The topological polar surface area (TPSA) is 58.1 Å². The van der Waals surface area contributed by atoms with Gasteiger partial charge in [0.15, 0.2) is 5.16 Å². The van der Waals surface area contributed by atoms with E-state index >= 15 is 0 Å². The number of aromatic nitrogens is 2. The highest BCUT2D eigenvalue weighted by Gasteiger charge is 2.12. The van der Waals surface area contributed by atoms with Crippen LogP contribution < -0.4 is 5.32 Å². The molecule has 0 saturated heterocycles. The molecule has 1 N–H and O–H groups in total. The number of carbonyl (C=O) groups excluding carboxylic acids is 1. The van der Waals surface area contributed by atoms with Gasteiger partial charge in [-0.3, -0.25) is 4.79 Å². The number of thioether (sulfide) groups is 1. The molecule has 0 unspecified atom stereocenters. The third-order valence-electron chi connectivity index (χ3n) is 3.53. The molecule has 0 spiro atoms. The van der Waals surface area contributed by atoms with E-state index in [4.69, 9.17) is 11.6 Å². The summed E-state index contributed by atoms with van der Waals surface area (Å²) >= 11 is 7.56. The van der Waals surface area contributed by atoms with Crippen LogP contribution in [-0.4, -0.2) is 40.6 Å². The molecule has 0 aliphatic rings. The van der Waals surface area contributed by atoms with Crippen LogP contribution in [-0.2, 0) is 4.79 Å². The standard InChI is InChI=1S/C18H17ClN4OS/c1-23(2)16(24)11-25-18-21-14-9-5-3-7-12(14)17(22-18)20-15-10-6-4-8-13(15)19/h3-10H,11H2,1-2H3,(H,20,21,22). The van der Waals surface area contributed by atoms with E-state index in [-0.39, 0.29) is 11.7 Å². The first kappa shape index (κ1) is 17.5. The van der Waals surface area contributed by atoms with Crippen molar-refractivity contribution in [3.63, 3.8) is 0 Å². The van der Waals surface area contributed by atoms with E-state index in [1.54, 1.807) is 19.0 Å². The Balaban J connectivity index is 1.95. The fourth-order valence-electron chi connectivity index (χ4n) is 2.16. The number of nitrogens with one attached hydrogen (secondary N) is 1. The lowest BCUT2D eigenvalue weighted by atomic mass is 10.2. The number of anilines is 2. The maximum Gasteiger partial charge on any atom is 0.232 e. The summed E-state index contributed by atoms with van der Waals surface area (Å²) in [5, 5.41) is 5.33. The summed E-state index contributed by atoms with van der Waals surface area (Å²) in [6.07, 6.45) is 0. The average Bonchev–Trinajstić information content (AvgIpc) is 2.61. The molecule has 7 heteroatoms. The number of nitrogens with zero attached hydrogens (tertiary/aromatic N) is 3. The first-order valence-corrected chi connectivity index (χ1v) is 9.02. The molecule has 1 heterocycles. The smallest absolute Gasteiger partial charge is 0.232 e. The predicted octanol–water partition coefficient (Wildman–Crippen LogP) is 4.21. The second kappa shape index (κ2) is 7.72. The molecule has 3 rings (SSSR count). The molecule has 0 aliphatic carbocycles. The van der Waals surface area contributed by atoms with Crippen LogP contribution in [0.2, 0.25) is 5.02 Å². The van der Waals surface area contributed by atoms with Gasteiger partial charge in [-0.2, -0.15) is 0 Å². The summed E-state index contributed by atoms with van der Waals surface area (Å²) < 4.78 is 0. The number of benzene rings is 2.